The van der Waals surface area contributed by atoms with Crippen molar-refractivity contribution in [1.82, 2.24) is 24.7 Å². The maximum atomic E-state index is 13.1. The van der Waals surface area contributed by atoms with Crippen LogP contribution in [0.25, 0.3) is 0 Å². The van der Waals surface area contributed by atoms with Gasteiger partial charge in [0.25, 0.3) is 0 Å². The van der Waals surface area contributed by atoms with Crippen molar-refractivity contribution in [1.29, 1.82) is 0 Å². The van der Waals surface area contributed by atoms with Crippen molar-refractivity contribution in [3.63, 3.8) is 0 Å². The van der Waals surface area contributed by atoms with Crippen molar-refractivity contribution in [2.24, 2.45) is 5.92 Å². The number of carbonyl (C=O) groups is 1. The van der Waals surface area contributed by atoms with Gasteiger partial charge in [-0.05, 0) is 43.2 Å². The molecule has 188 valence electrons. The van der Waals surface area contributed by atoms with Gasteiger partial charge in [0.15, 0.2) is 5.82 Å². The molecule has 0 spiro atoms. The van der Waals surface area contributed by atoms with Crippen molar-refractivity contribution in [2.45, 2.75) is 51.0 Å². The van der Waals surface area contributed by atoms with E-state index in [2.05, 4.69) is 15.4 Å². The minimum Gasteiger partial charge on any atom is -0.350 e. The van der Waals surface area contributed by atoms with Crippen LogP contribution in [-0.2, 0) is 30.5 Å². The Hall–Kier alpha value is -3.70. The van der Waals surface area contributed by atoms with Crippen molar-refractivity contribution < 1.29 is 18.0 Å². The summed E-state index contributed by atoms with van der Waals surface area (Å²) in [4.78, 5) is 30.0. The van der Waals surface area contributed by atoms with Gasteiger partial charge in [0.05, 0.1) is 18.4 Å². The lowest BCUT2D eigenvalue weighted by Crippen LogP contribution is -2.55. The maximum Gasteiger partial charge on any atom is 0.433 e. The zero-order chi connectivity index (χ0) is 25.0. The molecule has 3 aliphatic rings. The topological polar surface area (TPSA) is 92.1 Å². The minimum absolute atomic E-state index is 0.161. The fourth-order valence-electron chi connectivity index (χ4n) is 5.03. The van der Waals surface area contributed by atoms with Crippen LogP contribution in [0.2, 0.25) is 0 Å². The normalized spacial score (nSPS) is 19.4. The number of nitrogens with one attached hydrogen (secondary N) is 1. The molecule has 0 radical (unpaired) electrons. The lowest BCUT2D eigenvalue weighted by atomic mass is 10.00. The number of alkyl halides is 3. The average Bonchev–Trinajstić information content (AvgIpc) is 3.59. The number of hydrogen-bond donors (Lipinski definition) is 1. The first-order valence-corrected chi connectivity index (χ1v) is 12.0. The second-order valence-corrected chi connectivity index (χ2v) is 9.60. The fraction of sp³-hybridized carbons (Fsp3) is 0.458. The van der Waals surface area contributed by atoms with Crippen LogP contribution in [0.3, 0.4) is 0 Å². The van der Waals surface area contributed by atoms with Gasteiger partial charge in [-0.2, -0.15) is 23.3 Å². The molecule has 5 heterocycles. The number of hydrogen-bond acceptors (Lipinski definition) is 7. The van der Waals surface area contributed by atoms with Crippen LogP contribution in [0.15, 0.2) is 30.7 Å². The molecule has 1 N–H and O–H groups in total. The van der Waals surface area contributed by atoms with Crippen LogP contribution in [0.4, 0.5) is 30.6 Å². The number of carbonyl (C=O) groups excluding carboxylic acids is 1. The summed E-state index contributed by atoms with van der Waals surface area (Å²) >= 11 is 0. The monoisotopic (exact) mass is 498 g/mol. The summed E-state index contributed by atoms with van der Waals surface area (Å²) < 4.78 is 39.8. The Morgan fingerprint density at radius 2 is 1.97 bits per heavy atom. The molecule has 36 heavy (non-hydrogen) atoms. The van der Waals surface area contributed by atoms with Gasteiger partial charge in [-0.25, -0.2) is 4.98 Å². The maximum absolute atomic E-state index is 13.1. The number of aromatic nitrogens is 5. The largest absolute Gasteiger partial charge is 0.433 e. The molecule has 0 saturated heterocycles. The number of amides is 1. The molecule has 1 saturated carbocycles. The molecule has 1 amide bonds. The molecule has 3 aromatic rings. The number of likely N-dealkylation sites (N-methyl/N-ethyl adjacent to an activating group) is 1. The molecule has 0 unspecified atom stereocenters. The van der Waals surface area contributed by atoms with Gasteiger partial charge in [0, 0.05) is 38.1 Å². The number of aryl methyl sites for hydroxylation is 1. The van der Waals surface area contributed by atoms with Gasteiger partial charge in [-0.1, -0.05) is 6.07 Å². The third-order valence-electron chi connectivity index (χ3n) is 6.94. The van der Waals surface area contributed by atoms with Crippen LogP contribution in [0.1, 0.15) is 41.8 Å². The summed E-state index contributed by atoms with van der Waals surface area (Å²) in [6, 6.07) is 2.21. The zero-order valence-electron chi connectivity index (χ0n) is 19.7. The minimum atomic E-state index is -4.46. The standard InChI is InChI=1S/C24H25F3N8O/c1-33-19(16-5-6-16)22(36)35-8-2-3-17-20(35)21(33)32-23(31-17)29-10-15-11-30-34(13-15)12-14-4-7-18(28-9-14)24(25,26)27/h4,7,9,11,13,16,19H,2-3,5-6,8,10,12H2,1H3,(H,29,31,32)/t19-/m0/s1. The molecule has 2 aliphatic heterocycles. The van der Waals surface area contributed by atoms with Gasteiger partial charge in [0.2, 0.25) is 11.9 Å². The van der Waals surface area contributed by atoms with Crippen LogP contribution < -0.4 is 15.1 Å². The second-order valence-electron chi connectivity index (χ2n) is 9.60. The van der Waals surface area contributed by atoms with Crippen LogP contribution in [0.5, 0.6) is 0 Å². The molecular weight excluding hydrogens is 473 g/mol. The smallest absolute Gasteiger partial charge is 0.350 e. The summed E-state index contributed by atoms with van der Waals surface area (Å²) in [6.45, 7) is 1.45. The van der Waals surface area contributed by atoms with Crippen molar-refractivity contribution in [3.05, 3.63) is 53.2 Å². The van der Waals surface area contributed by atoms with Gasteiger partial charge in [0.1, 0.15) is 17.4 Å². The molecule has 0 bridgehead atoms. The van der Waals surface area contributed by atoms with E-state index < -0.39 is 11.9 Å². The van der Waals surface area contributed by atoms with Gasteiger partial charge >= 0.3 is 6.18 Å². The molecule has 12 heteroatoms. The Balaban J connectivity index is 1.16. The summed E-state index contributed by atoms with van der Waals surface area (Å²) in [7, 11) is 1.94. The first-order valence-electron chi connectivity index (χ1n) is 12.0. The van der Waals surface area contributed by atoms with Crippen LogP contribution >= 0.6 is 0 Å². The third-order valence-corrected chi connectivity index (χ3v) is 6.94. The lowest BCUT2D eigenvalue weighted by Gasteiger charge is -2.42. The average molecular weight is 499 g/mol. The molecule has 9 nitrogen and oxygen atoms in total. The summed E-state index contributed by atoms with van der Waals surface area (Å²) in [6.07, 6.45) is 4.09. The van der Waals surface area contributed by atoms with E-state index in [1.54, 1.807) is 10.9 Å². The quantitative estimate of drug-likeness (QED) is 0.558. The molecule has 6 rings (SSSR count). The molecule has 1 atom stereocenters. The van der Waals surface area contributed by atoms with E-state index in [4.69, 9.17) is 9.97 Å². The summed E-state index contributed by atoms with van der Waals surface area (Å²) in [5, 5.41) is 7.58. The number of pyridine rings is 1. The predicted octanol–water partition coefficient (Wildman–Crippen LogP) is 3.25. The third kappa shape index (κ3) is 4.14. The fourth-order valence-corrected chi connectivity index (χ4v) is 5.03. The zero-order valence-corrected chi connectivity index (χ0v) is 19.7. The molecule has 0 aromatic carbocycles. The van der Waals surface area contributed by atoms with Crippen molar-refractivity contribution >= 4 is 23.4 Å². The molecule has 1 aliphatic carbocycles. The number of rotatable bonds is 6. The van der Waals surface area contributed by atoms with E-state index in [0.29, 0.717) is 37.1 Å². The Morgan fingerprint density at radius 3 is 2.69 bits per heavy atom. The van der Waals surface area contributed by atoms with Gasteiger partial charge in [-0.3, -0.25) is 14.5 Å². The Labute approximate surface area is 205 Å². The van der Waals surface area contributed by atoms with E-state index in [1.165, 1.54) is 12.3 Å². The first-order chi connectivity index (χ1) is 17.3. The SMILES string of the molecule is CN1c2nc(NCc3cnn(Cc4ccc(C(F)(F)F)nc4)c3)nc3c2N(CCC3)C(=O)[C@@H]1C1CC1. The van der Waals surface area contributed by atoms with Crippen LogP contribution in [0, 0.1) is 5.92 Å². The van der Waals surface area contributed by atoms with E-state index >= 15 is 0 Å². The molecular formula is C24H25F3N8O. The Bertz CT molecular complexity index is 1300. The van der Waals surface area contributed by atoms with E-state index in [0.717, 1.165) is 54.5 Å². The highest BCUT2D eigenvalue weighted by molar-refractivity contribution is 6.06. The highest BCUT2D eigenvalue weighted by Crippen LogP contribution is 2.45. The predicted molar refractivity (Wildman–Crippen MR) is 126 cm³/mol. The van der Waals surface area contributed by atoms with E-state index in [1.807, 2.05) is 23.0 Å². The highest BCUT2D eigenvalue weighted by atomic mass is 19.4. The van der Waals surface area contributed by atoms with E-state index in [-0.39, 0.29) is 11.9 Å². The molecule has 1 fully saturated rings. The number of anilines is 3. The van der Waals surface area contributed by atoms with Gasteiger partial charge < -0.3 is 15.1 Å². The first kappa shape index (κ1) is 22.7. The van der Waals surface area contributed by atoms with Crippen molar-refractivity contribution in [2.75, 3.05) is 28.7 Å². The lowest BCUT2D eigenvalue weighted by molar-refractivity contribution is -0.141. The second kappa shape index (κ2) is 8.45. The Kier molecular flexibility index (Phi) is 5.34. The van der Waals surface area contributed by atoms with Crippen LogP contribution in [-0.4, -0.2) is 50.3 Å². The molecule has 3 aromatic heterocycles. The van der Waals surface area contributed by atoms with E-state index in [9.17, 15) is 18.0 Å². The number of nitrogens with zero attached hydrogens (tertiary/aromatic N) is 7. The van der Waals surface area contributed by atoms with Crippen molar-refractivity contribution in [3.8, 4) is 0 Å². The Morgan fingerprint density at radius 1 is 1.14 bits per heavy atom. The summed E-state index contributed by atoms with van der Waals surface area (Å²) in [5.41, 5.74) is 2.31. The highest BCUT2D eigenvalue weighted by Gasteiger charge is 2.47. The van der Waals surface area contributed by atoms with Gasteiger partial charge in [-0.15, -0.1) is 0 Å². The number of halogens is 3. The summed E-state index contributed by atoms with van der Waals surface area (Å²) in [5.74, 6) is 1.84.